The Balaban J connectivity index is 2.98. The molecular formula is C51H102N8O8. The van der Waals surface area contributed by atoms with Gasteiger partial charge < -0.3 is 59.8 Å². The maximum atomic E-state index is 12.2. The largest absolute Gasteiger partial charge is 0.444 e. The Morgan fingerprint density at radius 2 is 0.507 bits per heavy atom. The molecule has 0 bridgehead atoms. The van der Waals surface area contributed by atoms with Gasteiger partial charge in [0.05, 0.1) is 0 Å². The average molecular weight is 955 g/mol. The van der Waals surface area contributed by atoms with Crippen LogP contribution in [0.5, 0.6) is 0 Å². The van der Waals surface area contributed by atoms with Crippen LogP contribution < -0.4 is 21.3 Å². The summed E-state index contributed by atoms with van der Waals surface area (Å²) in [5.74, 6) is 0. The maximum Gasteiger partial charge on any atom is 0.407 e. The van der Waals surface area contributed by atoms with Gasteiger partial charge in [0, 0.05) is 39.3 Å². The number of carbonyl (C=O) groups excluding carboxylic acids is 4. The average Bonchev–Trinajstić information content (AvgIpc) is 3.18. The Labute approximate surface area is 408 Å². The van der Waals surface area contributed by atoms with Gasteiger partial charge in [0.1, 0.15) is 22.4 Å². The SMILES string of the molecule is CC(C)(C)OC(=O)NCCCCCN1CCCN(CCCCCNC(=O)OC(C)(C)C)CCCN(CCCCCNC(=O)OC(C)(C)C)CCN(CCCCCNC(=O)OC(C)(C)C)CCC1. The van der Waals surface area contributed by atoms with Crippen LogP contribution in [0.25, 0.3) is 0 Å². The van der Waals surface area contributed by atoms with Crippen LogP contribution in [0.15, 0.2) is 0 Å². The van der Waals surface area contributed by atoms with Gasteiger partial charge >= 0.3 is 24.4 Å². The third-order valence-corrected chi connectivity index (χ3v) is 10.9. The lowest BCUT2D eigenvalue weighted by Gasteiger charge is -2.29. The van der Waals surface area contributed by atoms with Gasteiger partial charge in [-0.05, 0) is 219 Å². The van der Waals surface area contributed by atoms with E-state index in [1.165, 1.54) is 0 Å². The zero-order valence-electron chi connectivity index (χ0n) is 45.0. The molecule has 394 valence electrons. The second-order valence-corrected chi connectivity index (χ2v) is 22.4. The highest BCUT2D eigenvalue weighted by molar-refractivity contribution is 5.68. The van der Waals surface area contributed by atoms with Gasteiger partial charge in [0.15, 0.2) is 0 Å². The maximum absolute atomic E-state index is 12.2. The summed E-state index contributed by atoms with van der Waals surface area (Å²) in [5.41, 5.74) is -2.01. The highest BCUT2D eigenvalue weighted by Crippen LogP contribution is 2.12. The van der Waals surface area contributed by atoms with Crippen molar-refractivity contribution in [1.82, 2.24) is 40.9 Å². The number of hydrogen-bond acceptors (Lipinski definition) is 12. The number of nitrogens with one attached hydrogen (secondary N) is 4. The molecule has 4 N–H and O–H groups in total. The van der Waals surface area contributed by atoms with Crippen LogP contribution in [0.2, 0.25) is 0 Å². The summed E-state index contributed by atoms with van der Waals surface area (Å²) in [6.45, 7) is 37.6. The molecule has 0 aromatic rings. The minimum atomic E-state index is -0.505. The van der Waals surface area contributed by atoms with E-state index in [1.807, 2.05) is 83.1 Å². The molecule has 0 spiro atoms. The second-order valence-electron chi connectivity index (χ2n) is 22.4. The van der Waals surface area contributed by atoms with Crippen LogP contribution in [0.4, 0.5) is 19.2 Å². The highest BCUT2D eigenvalue weighted by atomic mass is 16.6. The predicted molar refractivity (Wildman–Crippen MR) is 272 cm³/mol. The number of amides is 4. The fraction of sp³-hybridized carbons (Fsp3) is 0.922. The zero-order chi connectivity index (χ0) is 50.2. The molecule has 0 atom stereocenters. The van der Waals surface area contributed by atoms with Gasteiger partial charge in [-0.2, -0.15) is 0 Å². The van der Waals surface area contributed by atoms with E-state index < -0.39 is 22.4 Å². The molecule has 67 heavy (non-hydrogen) atoms. The first kappa shape index (κ1) is 61.9. The van der Waals surface area contributed by atoms with Crippen molar-refractivity contribution < 1.29 is 38.1 Å². The smallest absolute Gasteiger partial charge is 0.407 e. The van der Waals surface area contributed by atoms with Crippen LogP contribution in [0.1, 0.15) is 179 Å². The van der Waals surface area contributed by atoms with Crippen molar-refractivity contribution in [2.45, 2.75) is 202 Å². The number of nitrogens with zero attached hydrogens (tertiary/aromatic N) is 4. The van der Waals surface area contributed by atoms with E-state index in [1.54, 1.807) is 0 Å². The molecule has 0 aromatic heterocycles. The Morgan fingerprint density at radius 1 is 0.313 bits per heavy atom. The van der Waals surface area contributed by atoms with E-state index in [9.17, 15) is 19.2 Å². The Hall–Kier alpha value is -3.08. The molecule has 1 fully saturated rings. The topological polar surface area (TPSA) is 166 Å². The van der Waals surface area contributed by atoms with Gasteiger partial charge in [0.2, 0.25) is 0 Å². The van der Waals surface area contributed by atoms with Crippen molar-refractivity contribution in [1.29, 1.82) is 0 Å². The summed E-state index contributed by atoms with van der Waals surface area (Å²) in [5, 5.41) is 11.6. The van der Waals surface area contributed by atoms with E-state index in [4.69, 9.17) is 18.9 Å². The number of unbranched alkanes of at least 4 members (excludes halogenated alkanes) is 8. The molecule has 1 rings (SSSR count). The van der Waals surface area contributed by atoms with E-state index in [0.717, 1.165) is 175 Å². The van der Waals surface area contributed by atoms with Crippen molar-refractivity contribution >= 4 is 24.4 Å². The fourth-order valence-electron chi connectivity index (χ4n) is 7.75. The first-order valence-electron chi connectivity index (χ1n) is 26.2. The van der Waals surface area contributed by atoms with Crippen LogP contribution >= 0.6 is 0 Å². The third-order valence-electron chi connectivity index (χ3n) is 10.9. The number of hydrogen-bond donors (Lipinski definition) is 4. The van der Waals surface area contributed by atoms with E-state index in [0.29, 0.717) is 26.2 Å². The summed E-state index contributed by atoms with van der Waals surface area (Å²) >= 11 is 0. The summed E-state index contributed by atoms with van der Waals surface area (Å²) in [4.78, 5) is 59.2. The first-order chi connectivity index (χ1) is 31.4. The molecular weight excluding hydrogens is 853 g/mol. The molecule has 0 saturated carbocycles. The predicted octanol–water partition coefficient (Wildman–Crippen LogP) is 9.16. The van der Waals surface area contributed by atoms with Crippen LogP contribution in [0, 0.1) is 0 Å². The minimum Gasteiger partial charge on any atom is -0.444 e. The third kappa shape index (κ3) is 40.5. The molecule has 16 nitrogen and oxygen atoms in total. The Morgan fingerprint density at radius 3 is 0.701 bits per heavy atom. The Kier molecular flexibility index (Phi) is 31.7. The van der Waals surface area contributed by atoms with Gasteiger partial charge in [0.25, 0.3) is 0 Å². The molecule has 0 radical (unpaired) electrons. The minimum absolute atomic E-state index is 0.352. The van der Waals surface area contributed by atoms with Gasteiger partial charge in [-0.3, -0.25) is 0 Å². The number of rotatable bonds is 24. The van der Waals surface area contributed by atoms with E-state index >= 15 is 0 Å². The molecule has 4 amide bonds. The van der Waals surface area contributed by atoms with Crippen molar-refractivity contribution in [3.8, 4) is 0 Å². The summed E-state index contributed by atoms with van der Waals surface area (Å²) in [7, 11) is 0. The fourth-order valence-corrected chi connectivity index (χ4v) is 7.75. The molecule has 0 aliphatic carbocycles. The number of alkyl carbamates (subject to hydrolysis) is 4. The Bertz CT molecular complexity index is 1230. The molecule has 0 aromatic carbocycles. The molecule has 1 saturated heterocycles. The second kappa shape index (κ2) is 34.3. The molecule has 1 heterocycles. The first-order valence-corrected chi connectivity index (χ1v) is 26.2. The lowest BCUT2D eigenvalue weighted by molar-refractivity contribution is 0.0515. The van der Waals surface area contributed by atoms with Crippen molar-refractivity contribution in [3.63, 3.8) is 0 Å². The standard InChI is InChI=1S/C51H102N8O8/c1-48(2,3)64-44(60)52-28-17-13-21-32-56-36-25-37-57(33-22-14-18-29-53-45(61)65-49(4,5)6)39-27-41-59(35-24-16-20-31-55-47(63)67-51(10,11)12)43-42-58(40-26-38-56)34-23-15-19-30-54-46(62)66-50(7,8)9/h13-43H2,1-12H3,(H,52,60)(H,53,61)(H,54,62)(H,55,63). The van der Waals surface area contributed by atoms with Gasteiger partial charge in [-0.25, -0.2) is 19.2 Å². The van der Waals surface area contributed by atoms with Gasteiger partial charge in [-0.1, -0.05) is 25.7 Å². The van der Waals surface area contributed by atoms with Gasteiger partial charge in [-0.15, -0.1) is 0 Å². The normalized spacial score (nSPS) is 16.3. The van der Waals surface area contributed by atoms with E-state index in [2.05, 4.69) is 40.9 Å². The number of ether oxygens (including phenoxy) is 4. The summed E-state index contributed by atoms with van der Waals surface area (Å²) < 4.78 is 21.6. The molecule has 1 aliphatic heterocycles. The highest BCUT2D eigenvalue weighted by Gasteiger charge is 2.20. The number of carbonyl (C=O) groups is 4. The quantitative estimate of drug-likeness (QED) is 0.0536. The summed E-state index contributed by atoms with van der Waals surface area (Å²) in [6.07, 6.45) is 14.1. The van der Waals surface area contributed by atoms with Crippen LogP contribution in [-0.2, 0) is 18.9 Å². The van der Waals surface area contributed by atoms with Crippen molar-refractivity contribution in [2.24, 2.45) is 0 Å². The monoisotopic (exact) mass is 955 g/mol. The molecule has 1 aliphatic rings. The molecule has 16 heteroatoms. The lowest BCUT2D eigenvalue weighted by atomic mass is 10.2. The van der Waals surface area contributed by atoms with Crippen molar-refractivity contribution in [2.75, 3.05) is 105 Å². The van der Waals surface area contributed by atoms with E-state index in [-0.39, 0.29) is 24.4 Å². The van der Waals surface area contributed by atoms with Crippen LogP contribution in [0.3, 0.4) is 0 Å². The molecule has 0 unspecified atom stereocenters. The van der Waals surface area contributed by atoms with Crippen molar-refractivity contribution in [3.05, 3.63) is 0 Å². The zero-order valence-corrected chi connectivity index (χ0v) is 45.0. The lowest BCUT2D eigenvalue weighted by Crippen LogP contribution is -2.39. The summed E-state index contributed by atoms with van der Waals surface area (Å²) in [6, 6.07) is 0. The van der Waals surface area contributed by atoms with Crippen LogP contribution in [-0.4, -0.2) is 171 Å².